The zero-order valence-corrected chi connectivity index (χ0v) is 11.5. The van der Waals surface area contributed by atoms with E-state index in [-0.39, 0.29) is 18.0 Å². The SMILES string of the molecule is O=C(c1ccn[nH]1)N1C2CCC1c1cc(Cl)cnc1C2. The molecule has 2 unspecified atom stereocenters. The molecule has 0 aliphatic carbocycles. The third-order valence-electron chi connectivity index (χ3n) is 4.23. The summed E-state index contributed by atoms with van der Waals surface area (Å²) < 4.78 is 0. The quantitative estimate of drug-likeness (QED) is 0.876. The van der Waals surface area contributed by atoms with Crippen molar-refractivity contribution < 1.29 is 4.79 Å². The van der Waals surface area contributed by atoms with E-state index in [2.05, 4.69) is 15.2 Å². The number of aromatic amines is 1. The first-order valence-electron chi connectivity index (χ1n) is 6.70. The second-order valence-electron chi connectivity index (χ2n) is 5.32. The maximum Gasteiger partial charge on any atom is 0.272 e. The molecule has 0 radical (unpaired) electrons. The Labute approximate surface area is 121 Å². The number of amides is 1. The number of carbonyl (C=O) groups excluding carboxylic acids is 1. The van der Waals surface area contributed by atoms with Crippen molar-refractivity contribution in [2.24, 2.45) is 0 Å². The van der Waals surface area contributed by atoms with Crippen molar-refractivity contribution in [1.29, 1.82) is 0 Å². The van der Waals surface area contributed by atoms with Crippen LogP contribution in [0.3, 0.4) is 0 Å². The summed E-state index contributed by atoms with van der Waals surface area (Å²) in [5.74, 6) is 0.0145. The predicted molar refractivity (Wildman–Crippen MR) is 73.5 cm³/mol. The van der Waals surface area contributed by atoms with Crippen LogP contribution in [0.25, 0.3) is 0 Å². The van der Waals surface area contributed by atoms with E-state index in [9.17, 15) is 4.79 Å². The standard InChI is InChI=1S/C14H13ClN4O/c15-8-5-10-12(16-7-8)6-9-1-2-13(10)19(9)14(20)11-3-4-17-18-11/h3-5,7,9,13H,1-2,6H2,(H,17,18). The minimum Gasteiger partial charge on any atom is -0.327 e. The highest BCUT2D eigenvalue weighted by Gasteiger charge is 2.43. The molecule has 2 aliphatic rings. The second kappa shape index (κ2) is 4.31. The Hall–Kier alpha value is -1.88. The number of halogens is 1. The molecule has 2 bridgehead atoms. The van der Waals surface area contributed by atoms with Crippen molar-refractivity contribution in [2.45, 2.75) is 31.3 Å². The highest BCUT2D eigenvalue weighted by molar-refractivity contribution is 6.30. The van der Waals surface area contributed by atoms with E-state index >= 15 is 0 Å². The Kier molecular flexibility index (Phi) is 2.57. The molecule has 1 N–H and O–H groups in total. The molecule has 0 saturated carbocycles. The van der Waals surface area contributed by atoms with Gasteiger partial charge < -0.3 is 4.90 Å². The Morgan fingerprint density at radius 3 is 3.15 bits per heavy atom. The molecule has 1 amide bonds. The largest absolute Gasteiger partial charge is 0.327 e. The number of fused-ring (bicyclic) bond motifs is 4. The molecule has 1 saturated heterocycles. The van der Waals surface area contributed by atoms with Crippen LogP contribution in [0, 0.1) is 0 Å². The van der Waals surface area contributed by atoms with Gasteiger partial charge in [-0.15, -0.1) is 0 Å². The summed E-state index contributed by atoms with van der Waals surface area (Å²) in [6.45, 7) is 0. The number of nitrogens with zero attached hydrogens (tertiary/aromatic N) is 3. The number of hydrogen-bond donors (Lipinski definition) is 1. The van der Waals surface area contributed by atoms with Gasteiger partial charge in [-0.1, -0.05) is 11.6 Å². The fourth-order valence-electron chi connectivity index (χ4n) is 3.38. The average Bonchev–Trinajstić information content (AvgIpc) is 3.07. The lowest BCUT2D eigenvalue weighted by Crippen LogP contribution is -2.42. The fourth-order valence-corrected chi connectivity index (χ4v) is 3.54. The highest BCUT2D eigenvalue weighted by atomic mass is 35.5. The minimum absolute atomic E-state index is 0.0145. The van der Waals surface area contributed by atoms with Crippen molar-refractivity contribution >= 4 is 17.5 Å². The summed E-state index contributed by atoms with van der Waals surface area (Å²) in [5.41, 5.74) is 2.72. The van der Waals surface area contributed by atoms with Gasteiger partial charge in [0.2, 0.25) is 0 Å². The van der Waals surface area contributed by atoms with Crippen molar-refractivity contribution in [3.05, 3.63) is 46.5 Å². The van der Waals surface area contributed by atoms with Gasteiger partial charge in [-0.2, -0.15) is 5.10 Å². The highest BCUT2D eigenvalue weighted by Crippen LogP contribution is 2.44. The van der Waals surface area contributed by atoms with Gasteiger partial charge in [0.25, 0.3) is 5.91 Å². The lowest BCUT2D eigenvalue weighted by Gasteiger charge is -2.35. The van der Waals surface area contributed by atoms with Crippen LogP contribution in [0.4, 0.5) is 0 Å². The topological polar surface area (TPSA) is 61.9 Å². The van der Waals surface area contributed by atoms with Crippen LogP contribution >= 0.6 is 11.6 Å². The Balaban J connectivity index is 1.75. The molecule has 4 heterocycles. The van der Waals surface area contributed by atoms with Crippen LogP contribution in [-0.2, 0) is 6.42 Å². The van der Waals surface area contributed by atoms with Crippen LogP contribution in [-0.4, -0.2) is 32.0 Å². The fraction of sp³-hybridized carbons (Fsp3) is 0.357. The summed E-state index contributed by atoms with van der Waals surface area (Å²) in [7, 11) is 0. The number of carbonyl (C=O) groups is 1. The number of rotatable bonds is 1. The number of nitrogens with one attached hydrogen (secondary N) is 1. The Morgan fingerprint density at radius 2 is 2.35 bits per heavy atom. The van der Waals surface area contributed by atoms with E-state index in [0.29, 0.717) is 10.7 Å². The molecule has 0 spiro atoms. The average molecular weight is 289 g/mol. The van der Waals surface area contributed by atoms with E-state index < -0.39 is 0 Å². The molecule has 1 fully saturated rings. The minimum atomic E-state index is 0.0145. The van der Waals surface area contributed by atoms with Crippen LogP contribution in [0.5, 0.6) is 0 Å². The maximum atomic E-state index is 12.6. The lowest BCUT2D eigenvalue weighted by molar-refractivity contribution is 0.0638. The van der Waals surface area contributed by atoms with E-state index in [0.717, 1.165) is 30.5 Å². The monoisotopic (exact) mass is 288 g/mol. The van der Waals surface area contributed by atoms with Crippen LogP contribution in [0.1, 0.15) is 40.6 Å². The number of pyridine rings is 1. The number of aromatic nitrogens is 3. The molecule has 2 aromatic heterocycles. The Bertz CT molecular complexity index is 670. The van der Waals surface area contributed by atoms with Gasteiger partial charge in [-0.25, -0.2) is 0 Å². The second-order valence-corrected chi connectivity index (χ2v) is 5.76. The van der Waals surface area contributed by atoms with Crippen molar-refractivity contribution in [2.75, 3.05) is 0 Å². The normalized spacial score (nSPS) is 23.8. The van der Waals surface area contributed by atoms with Gasteiger partial charge in [0.05, 0.1) is 11.1 Å². The molecule has 102 valence electrons. The van der Waals surface area contributed by atoms with Crippen molar-refractivity contribution in [3.63, 3.8) is 0 Å². The van der Waals surface area contributed by atoms with Crippen molar-refractivity contribution in [1.82, 2.24) is 20.1 Å². The Morgan fingerprint density at radius 1 is 1.45 bits per heavy atom. The molecular weight excluding hydrogens is 276 g/mol. The summed E-state index contributed by atoms with van der Waals surface area (Å²) in [5, 5.41) is 7.24. The molecule has 6 heteroatoms. The summed E-state index contributed by atoms with van der Waals surface area (Å²) in [6.07, 6.45) is 6.08. The number of hydrogen-bond acceptors (Lipinski definition) is 3. The zero-order chi connectivity index (χ0) is 13.7. The van der Waals surface area contributed by atoms with Gasteiger partial charge in [0.1, 0.15) is 5.69 Å². The van der Waals surface area contributed by atoms with Gasteiger partial charge in [0.15, 0.2) is 0 Å². The molecule has 20 heavy (non-hydrogen) atoms. The first kappa shape index (κ1) is 11.9. The molecule has 4 rings (SSSR count). The predicted octanol–water partition coefficient (Wildman–Crippen LogP) is 2.36. The van der Waals surface area contributed by atoms with E-state index in [1.807, 2.05) is 11.0 Å². The van der Waals surface area contributed by atoms with Crippen molar-refractivity contribution in [3.8, 4) is 0 Å². The molecular formula is C14H13ClN4O. The van der Waals surface area contributed by atoms with Gasteiger partial charge in [-0.3, -0.25) is 14.9 Å². The molecule has 0 aromatic carbocycles. The third kappa shape index (κ3) is 1.66. The maximum absolute atomic E-state index is 12.6. The molecule has 2 aliphatic heterocycles. The zero-order valence-electron chi connectivity index (χ0n) is 10.7. The summed E-state index contributed by atoms with van der Waals surface area (Å²) in [4.78, 5) is 19.0. The van der Waals surface area contributed by atoms with Crippen LogP contribution < -0.4 is 0 Å². The first-order chi connectivity index (χ1) is 9.74. The van der Waals surface area contributed by atoms with E-state index in [1.165, 1.54) is 0 Å². The lowest BCUT2D eigenvalue weighted by atomic mass is 9.97. The molecule has 2 aromatic rings. The van der Waals surface area contributed by atoms with Gasteiger partial charge >= 0.3 is 0 Å². The van der Waals surface area contributed by atoms with Crippen LogP contribution in [0.2, 0.25) is 5.02 Å². The third-order valence-corrected chi connectivity index (χ3v) is 4.43. The summed E-state index contributed by atoms with van der Waals surface area (Å²) in [6, 6.07) is 3.99. The molecule has 5 nitrogen and oxygen atoms in total. The first-order valence-corrected chi connectivity index (χ1v) is 7.08. The van der Waals surface area contributed by atoms with E-state index in [1.54, 1.807) is 18.5 Å². The molecule has 2 atom stereocenters. The van der Waals surface area contributed by atoms with Crippen LogP contribution in [0.15, 0.2) is 24.5 Å². The smallest absolute Gasteiger partial charge is 0.272 e. The number of H-pyrrole nitrogens is 1. The van der Waals surface area contributed by atoms with Gasteiger partial charge in [-0.05, 0) is 30.5 Å². The summed E-state index contributed by atoms with van der Waals surface area (Å²) >= 11 is 6.06. The van der Waals surface area contributed by atoms with E-state index in [4.69, 9.17) is 11.6 Å². The van der Waals surface area contributed by atoms with Gasteiger partial charge in [0, 0.05) is 30.6 Å².